The standard InChI is InChI=1S/C10H12N2/c1-8-4-9(2)6-10(5-8)12(3)7-11/h4-6H,1-3H3. The van der Waals surface area contributed by atoms with Gasteiger partial charge in [-0.25, -0.2) is 0 Å². The lowest BCUT2D eigenvalue weighted by Crippen LogP contribution is -2.08. The molecule has 2 nitrogen and oxygen atoms in total. The second-order valence-corrected chi connectivity index (χ2v) is 3.00. The first-order valence-corrected chi connectivity index (χ1v) is 3.85. The van der Waals surface area contributed by atoms with Crippen molar-refractivity contribution in [3.8, 4) is 6.19 Å². The van der Waals surface area contributed by atoms with Gasteiger partial charge in [-0.15, -0.1) is 0 Å². The topological polar surface area (TPSA) is 27.0 Å². The summed E-state index contributed by atoms with van der Waals surface area (Å²) in [6.07, 6.45) is 2.07. The van der Waals surface area contributed by atoms with Crippen LogP contribution in [0.5, 0.6) is 0 Å². The van der Waals surface area contributed by atoms with Crippen LogP contribution in [0.2, 0.25) is 0 Å². The number of nitriles is 1. The second kappa shape index (κ2) is 3.27. The van der Waals surface area contributed by atoms with E-state index >= 15 is 0 Å². The Labute approximate surface area is 73.0 Å². The smallest absolute Gasteiger partial charge is 0.183 e. The summed E-state index contributed by atoms with van der Waals surface area (Å²) in [6, 6.07) is 6.08. The van der Waals surface area contributed by atoms with Gasteiger partial charge in [-0.05, 0) is 37.1 Å². The lowest BCUT2D eigenvalue weighted by Gasteiger charge is -2.10. The van der Waals surface area contributed by atoms with Gasteiger partial charge in [0.15, 0.2) is 6.19 Å². The number of nitrogens with zero attached hydrogens (tertiary/aromatic N) is 2. The van der Waals surface area contributed by atoms with Crippen LogP contribution in [0.15, 0.2) is 18.2 Å². The molecule has 0 aliphatic rings. The molecule has 0 N–H and O–H groups in total. The highest BCUT2D eigenvalue weighted by Crippen LogP contribution is 2.16. The Morgan fingerprint density at radius 1 is 1.17 bits per heavy atom. The number of hydrogen-bond donors (Lipinski definition) is 0. The summed E-state index contributed by atoms with van der Waals surface area (Å²) in [5.41, 5.74) is 3.33. The molecule has 62 valence electrons. The van der Waals surface area contributed by atoms with E-state index in [1.807, 2.05) is 26.0 Å². The van der Waals surface area contributed by atoms with Crippen LogP contribution in [0.3, 0.4) is 0 Å². The highest BCUT2D eigenvalue weighted by molar-refractivity contribution is 5.53. The average Bonchev–Trinajstić information content (AvgIpc) is 2.01. The van der Waals surface area contributed by atoms with Crippen molar-refractivity contribution in [1.29, 1.82) is 5.26 Å². The van der Waals surface area contributed by atoms with Gasteiger partial charge in [0.1, 0.15) is 0 Å². The summed E-state index contributed by atoms with van der Waals surface area (Å²) < 4.78 is 0. The largest absolute Gasteiger partial charge is 0.283 e. The zero-order valence-electron chi connectivity index (χ0n) is 7.63. The molecule has 0 saturated carbocycles. The monoisotopic (exact) mass is 160 g/mol. The molecule has 0 aliphatic carbocycles. The predicted molar refractivity (Wildman–Crippen MR) is 49.9 cm³/mol. The third-order valence-electron chi connectivity index (χ3n) is 1.74. The van der Waals surface area contributed by atoms with Gasteiger partial charge < -0.3 is 0 Å². The van der Waals surface area contributed by atoms with Crippen molar-refractivity contribution < 1.29 is 0 Å². The first kappa shape index (κ1) is 8.61. The summed E-state index contributed by atoms with van der Waals surface area (Å²) in [7, 11) is 1.76. The van der Waals surface area contributed by atoms with Gasteiger partial charge in [0, 0.05) is 7.05 Å². The molecule has 12 heavy (non-hydrogen) atoms. The van der Waals surface area contributed by atoms with E-state index in [0.29, 0.717) is 0 Å². The van der Waals surface area contributed by atoms with Crippen molar-refractivity contribution in [2.24, 2.45) is 0 Å². The number of aryl methyl sites for hydroxylation is 2. The van der Waals surface area contributed by atoms with E-state index in [9.17, 15) is 0 Å². The quantitative estimate of drug-likeness (QED) is 0.465. The number of benzene rings is 1. The molecule has 0 heterocycles. The number of anilines is 1. The van der Waals surface area contributed by atoms with E-state index in [2.05, 4.69) is 12.3 Å². The zero-order valence-corrected chi connectivity index (χ0v) is 7.63. The molecular weight excluding hydrogens is 148 g/mol. The lowest BCUT2D eigenvalue weighted by molar-refractivity contribution is 1.19. The molecule has 2 heteroatoms. The van der Waals surface area contributed by atoms with Crippen LogP contribution < -0.4 is 4.90 Å². The maximum absolute atomic E-state index is 8.65. The predicted octanol–water partition coefficient (Wildman–Crippen LogP) is 2.22. The van der Waals surface area contributed by atoms with E-state index in [1.165, 1.54) is 11.1 Å². The molecule has 1 aromatic carbocycles. The highest BCUT2D eigenvalue weighted by Gasteiger charge is 1.99. The van der Waals surface area contributed by atoms with Gasteiger partial charge >= 0.3 is 0 Å². The Bertz CT molecular complexity index is 303. The second-order valence-electron chi connectivity index (χ2n) is 3.00. The molecule has 0 saturated heterocycles. The van der Waals surface area contributed by atoms with E-state index in [4.69, 9.17) is 5.26 Å². The van der Waals surface area contributed by atoms with Gasteiger partial charge in [-0.3, -0.25) is 4.90 Å². The minimum absolute atomic E-state index is 0.954. The summed E-state index contributed by atoms with van der Waals surface area (Å²) in [5, 5.41) is 8.65. The van der Waals surface area contributed by atoms with Crippen LogP contribution in [0.25, 0.3) is 0 Å². The lowest BCUT2D eigenvalue weighted by atomic mass is 10.1. The minimum Gasteiger partial charge on any atom is -0.283 e. The highest BCUT2D eigenvalue weighted by atomic mass is 15.1. The van der Waals surface area contributed by atoms with Crippen molar-refractivity contribution >= 4 is 5.69 Å². The maximum atomic E-state index is 8.65. The van der Waals surface area contributed by atoms with E-state index in [0.717, 1.165) is 5.69 Å². The number of rotatable bonds is 1. The van der Waals surface area contributed by atoms with Crippen LogP contribution in [-0.2, 0) is 0 Å². The van der Waals surface area contributed by atoms with Gasteiger partial charge in [0.25, 0.3) is 0 Å². The first-order valence-electron chi connectivity index (χ1n) is 3.85. The fraction of sp³-hybridized carbons (Fsp3) is 0.300. The van der Waals surface area contributed by atoms with E-state index in [-0.39, 0.29) is 0 Å². The fourth-order valence-electron chi connectivity index (χ4n) is 1.20. The van der Waals surface area contributed by atoms with Gasteiger partial charge in [-0.2, -0.15) is 5.26 Å². The van der Waals surface area contributed by atoms with Gasteiger partial charge in [0.05, 0.1) is 5.69 Å². The average molecular weight is 160 g/mol. The normalized spacial score (nSPS) is 9.17. The van der Waals surface area contributed by atoms with Crippen LogP contribution in [-0.4, -0.2) is 7.05 Å². The molecule has 0 radical (unpaired) electrons. The van der Waals surface area contributed by atoms with Crippen molar-refractivity contribution in [3.63, 3.8) is 0 Å². The Hall–Kier alpha value is -1.49. The zero-order chi connectivity index (χ0) is 9.14. The molecule has 0 unspecified atom stereocenters. The molecule has 0 bridgehead atoms. The first-order chi connectivity index (χ1) is 5.63. The van der Waals surface area contributed by atoms with Gasteiger partial charge in [0.2, 0.25) is 0 Å². The third kappa shape index (κ3) is 1.76. The van der Waals surface area contributed by atoms with Crippen LogP contribution in [0.1, 0.15) is 11.1 Å². The summed E-state index contributed by atoms with van der Waals surface area (Å²) in [4.78, 5) is 1.56. The fourth-order valence-corrected chi connectivity index (χ4v) is 1.20. The molecule has 0 fully saturated rings. The summed E-state index contributed by atoms with van der Waals surface area (Å²) in [5.74, 6) is 0. The molecular formula is C10H12N2. The Balaban J connectivity index is 3.10. The molecule has 0 amide bonds. The molecule has 1 aromatic rings. The van der Waals surface area contributed by atoms with Crippen molar-refractivity contribution in [3.05, 3.63) is 29.3 Å². The molecule has 1 rings (SSSR count). The minimum atomic E-state index is 0.954. The summed E-state index contributed by atoms with van der Waals surface area (Å²) in [6.45, 7) is 4.06. The van der Waals surface area contributed by atoms with Crippen LogP contribution in [0.4, 0.5) is 5.69 Å². The summed E-state index contributed by atoms with van der Waals surface area (Å²) >= 11 is 0. The van der Waals surface area contributed by atoms with Crippen molar-refractivity contribution in [2.75, 3.05) is 11.9 Å². The van der Waals surface area contributed by atoms with Crippen molar-refractivity contribution in [1.82, 2.24) is 0 Å². The molecule has 0 aliphatic heterocycles. The molecule has 0 aromatic heterocycles. The maximum Gasteiger partial charge on any atom is 0.183 e. The Kier molecular flexibility index (Phi) is 2.35. The molecule has 0 spiro atoms. The Morgan fingerprint density at radius 2 is 1.67 bits per heavy atom. The molecule has 0 atom stereocenters. The van der Waals surface area contributed by atoms with Crippen LogP contribution in [0, 0.1) is 25.3 Å². The third-order valence-corrected chi connectivity index (χ3v) is 1.74. The van der Waals surface area contributed by atoms with Gasteiger partial charge in [-0.1, -0.05) is 6.07 Å². The SMILES string of the molecule is Cc1cc(C)cc(N(C)C#N)c1. The Morgan fingerprint density at radius 3 is 2.08 bits per heavy atom. The van der Waals surface area contributed by atoms with E-state index < -0.39 is 0 Å². The number of hydrogen-bond acceptors (Lipinski definition) is 2. The van der Waals surface area contributed by atoms with Crippen LogP contribution >= 0.6 is 0 Å². The van der Waals surface area contributed by atoms with Crippen molar-refractivity contribution in [2.45, 2.75) is 13.8 Å². The van der Waals surface area contributed by atoms with E-state index in [1.54, 1.807) is 11.9 Å².